The topological polar surface area (TPSA) is 44.9 Å². The van der Waals surface area contributed by atoms with Gasteiger partial charge in [0.15, 0.2) is 5.96 Å². The van der Waals surface area contributed by atoms with Gasteiger partial charge >= 0.3 is 0 Å². The molecule has 2 aliphatic heterocycles. The van der Waals surface area contributed by atoms with Crippen molar-refractivity contribution in [3.63, 3.8) is 0 Å². The van der Waals surface area contributed by atoms with Crippen LogP contribution in [-0.4, -0.2) is 54.0 Å². The fourth-order valence-electron chi connectivity index (χ4n) is 3.61. The molecule has 2 fully saturated rings. The monoisotopic (exact) mass is 422 g/mol. The van der Waals surface area contributed by atoms with Crippen molar-refractivity contribution in [3.8, 4) is 0 Å². The summed E-state index contributed by atoms with van der Waals surface area (Å²) in [5.41, 5.74) is 6.34. The first kappa shape index (κ1) is 20.0. The Morgan fingerprint density at radius 3 is 2.27 bits per heavy atom. The van der Waals surface area contributed by atoms with Gasteiger partial charge in [-0.2, -0.15) is 0 Å². The standard InChI is InChI=1S/C17H34N4.HI/c1-14-7-5-9-20(11-14)16(18)19-13-17(3,4)21-10-6-8-15(2)12-21;/h14-15H,5-13H2,1-4H3,(H2,18,19);1H. The first-order valence-electron chi connectivity index (χ1n) is 8.68. The maximum Gasteiger partial charge on any atom is 0.191 e. The maximum absolute atomic E-state index is 6.23. The Labute approximate surface area is 153 Å². The van der Waals surface area contributed by atoms with E-state index >= 15 is 0 Å². The van der Waals surface area contributed by atoms with Gasteiger partial charge in [0, 0.05) is 25.2 Å². The second-order valence-corrected chi connectivity index (χ2v) is 7.87. The van der Waals surface area contributed by atoms with Crippen molar-refractivity contribution in [1.29, 1.82) is 0 Å². The predicted molar refractivity (Wildman–Crippen MR) is 106 cm³/mol. The van der Waals surface area contributed by atoms with Crippen molar-refractivity contribution in [2.75, 3.05) is 32.7 Å². The van der Waals surface area contributed by atoms with E-state index in [1.165, 1.54) is 38.8 Å². The molecular formula is C17H35IN4. The van der Waals surface area contributed by atoms with Gasteiger partial charge in [0.1, 0.15) is 0 Å². The van der Waals surface area contributed by atoms with Crippen LogP contribution in [0.5, 0.6) is 0 Å². The van der Waals surface area contributed by atoms with E-state index in [1.54, 1.807) is 0 Å². The summed E-state index contributed by atoms with van der Waals surface area (Å²) in [5.74, 6) is 2.30. The summed E-state index contributed by atoms with van der Waals surface area (Å²) in [6.07, 6.45) is 5.24. The van der Waals surface area contributed by atoms with Crippen LogP contribution >= 0.6 is 24.0 Å². The highest BCUT2D eigenvalue weighted by Gasteiger charge is 2.30. The van der Waals surface area contributed by atoms with Crippen LogP contribution in [0.4, 0.5) is 0 Å². The van der Waals surface area contributed by atoms with Crippen molar-refractivity contribution >= 4 is 29.9 Å². The quantitative estimate of drug-likeness (QED) is 0.432. The number of likely N-dealkylation sites (tertiary alicyclic amines) is 2. The summed E-state index contributed by atoms with van der Waals surface area (Å²) in [6, 6.07) is 0. The average molecular weight is 422 g/mol. The third-order valence-electron chi connectivity index (χ3n) is 5.12. The SMILES string of the molecule is CC1CCCN(C(N)=NCC(C)(C)N2CCCC(C)C2)C1.I. The molecule has 130 valence electrons. The second-order valence-electron chi connectivity index (χ2n) is 7.87. The Bertz CT molecular complexity index is 370. The number of guanidine groups is 1. The highest BCUT2D eigenvalue weighted by Crippen LogP contribution is 2.24. The molecule has 2 saturated heterocycles. The fourth-order valence-corrected chi connectivity index (χ4v) is 3.61. The van der Waals surface area contributed by atoms with Crippen LogP contribution in [0.2, 0.25) is 0 Å². The van der Waals surface area contributed by atoms with Crippen LogP contribution in [0.15, 0.2) is 4.99 Å². The van der Waals surface area contributed by atoms with Crippen LogP contribution in [0.3, 0.4) is 0 Å². The zero-order valence-corrected chi connectivity index (χ0v) is 17.2. The molecule has 2 rings (SSSR count). The zero-order valence-electron chi connectivity index (χ0n) is 14.8. The summed E-state index contributed by atoms with van der Waals surface area (Å²) < 4.78 is 0. The normalized spacial score (nSPS) is 28.4. The van der Waals surface area contributed by atoms with Crippen molar-refractivity contribution in [2.24, 2.45) is 22.6 Å². The van der Waals surface area contributed by atoms with Crippen molar-refractivity contribution in [2.45, 2.75) is 58.9 Å². The van der Waals surface area contributed by atoms with Crippen molar-refractivity contribution in [3.05, 3.63) is 0 Å². The summed E-state index contributed by atoms with van der Waals surface area (Å²) in [6.45, 7) is 14.6. The van der Waals surface area contributed by atoms with Crippen LogP contribution < -0.4 is 5.73 Å². The smallest absolute Gasteiger partial charge is 0.191 e. The van der Waals surface area contributed by atoms with Gasteiger partial charge in [-0.1, -0.05) is 13.8 Å². The molecule has 2 heterocycles. The number of aliphatic imine (C=N–C) groups is 1. The van der Waals surface area contributed by atoms with E-state index in [4.69, 9.17) is 10.7 Å². The van der Waals surface area contributed by atoms with Crippen molar-refractivity contribution < 1.29 is 0 Å². The summed E-state index contributed by atoms with van der Waals surface area (Å²) >= 11 is 0. The molecule has 22 heavy (non-hydrogen) atoms. The lowest BCUT2D eigenvalue weighted by molar-refractivity contribution is 0.0772. The lowest BCUT2D eigenvalue weighted by atomic mass is 9.94. The zero-order chi connectivity index (χ0) is 15.5. The van der Waals surface area contributed by atoms with E-state index in [0.717, 1.165) is 37.4 Å². The minimum Gasteiger partial charge on any atom is -0.370 e. The molecular weight excluding hydrogens is 387 g/mol. The lowest BCUT2D eigenvalue weighted by Gasteiger charge is -2.42. The summed E-state index contributed by atoms with van der Waals surface area (Å²) in [5, 5.41) is 0. The van der Waals surface area contributed by atoms with Gasteiger partial charge < -0.3 is 10.6 Å². The van der Waals surface area contributed by atoms with E-state index in [9.17, 15) is 0 Å². The second kappa shape index (κ2) is 8.71. The molecule has 0 aromatic rings. The molecule has 0 aromatic carbocycles. The van der Waals surface area contributed by atoms with Gasteiger partial charge in [-0.3, -0.25) is 9.89 Å². The summed E-state index contributed by atoms with van der Waals surface area (Å²) in [4.78, 5) is 9.59. The van der Waals surface area contributed by atoms with E-state index in [-0.39, 0.29) is 29.5 Å². The Morgan fingerprint density at radius 2 is 1.68 bits per heavy atom. The Morgan fingerprint density at radius 1 is 1.09 bits per heavy atom. The Kier molecular flexibility index (Phi) is 7.92. The van der Waals surface area contributed by atoms with E-state index in [1.807, 2.05) is 0 Å². The minimum absolute atomic E-state index is 0. The maximum atomic E-state index is 6.23. The first-order valence-corrected chi connectivity index (χ1v) is 8.68. The van der Waals surface area contributed by atoms with Crippen LogP contribution in [0, 0.1) is 11.8 Å². The van der Waals surface area contributed by atoms with Crippen molar-refractivity contribution in [1.82, 2.24) is 9.80 Å². The molecule has 2 N–H and O–H groups in total. The third kappa shape index (κ3) is 5.55. The third-order valence-corrected chi connectivity index (χ3v) is 5.12. The number of hydrogen-bond donors (Lipinski definition) is 1. The van der Waals surface area contributed by atoms with Gasteiger partial charge in [-0.15, -0.1) is 24.0 Å². The number of nitrogens with two attached hydrogens (primary N) is 1. The number of rotatable bonds is 3. The molecule has 5 heteroatoms. The number of nitrogens with zero attached hydrogens (tertiary/aromatic N) is 3. The molecule has 0 bridgehead atoms. The average Bonchev–Trinajstić information content (AvgIpc) is 2.45. The van der Waals surface area contributed by atoms with Gasteiger partial charge in [0.05, 0.1) is 6.54 Å². The molecule has 0 amide bonds. The molecule has 0 aliphatic carbocycles. The molecule has 0 aromatic heterocycles. The summed E-state index contributed by atoms with van der Waals surface area (Å²) in [7, 11) is 0. The molecule has 0 saturated carbocycles. The van der Waals surface area contributed by atoms with E-state index in [2.05, 4.69) is 37.5 Å². The van der Waals surface area contributed by atoms with Gasteiger partial charge in [0.2, 0.25) is 0 Å². The Hall–Kier alpha value is -0.0400. The van der Waals surface area contributed by atoms with Crippen LogP contribution in [0.25, 0.3) is 0 Å². The minimum atomic E-state index is 0. The highest BCUT2D eigenvalue weighted by atomic mass is 127. The number of piperidine rings is 2. The largest absolute Gasteiger partial charge is 0.370 e. The van der Waals surface area contributed by atoms with E-state index < -0.39 is 0 Å². The van der Waals surface area contributed by atoms with Gasteiger partial charge in [0.25, 0.3) is 0 Å². The molecule has 0 radical (unpaired) electrons. The first-order chi connectivity index (χ1) is 9.88. The van der Waals surface area contributed by atoms with Gasteiger partial charge in [-0.05, 0) is 57.9 Å². The number of halogens is 1. The molecule has 0 spiro atoms. The van der Waals surface area contributed by atoms with Gasteiger partial charge in [-0.25, -0.2) is 0 Å². The molecule has 2 atom stereocenters. The fraction of sp³-hybridized carbons (Fsp3) is 0.941. The van der Waals surface area contributed by atoms with E-state index in [0.29, 0.717) is 0 Å². The Balaban J connectivity index is 0.00000242. The molecule has 2 unspecified atom stereocenters. The lowest BCUT2D eigenvalue weighted by Crippen LogP contribution is -2.51. The molecule has 2 aliphatic rings. The predicted octanol–water partition coefficient (Wildman–Crippen LogP) is 3.16. The molecule has 4 nitrogen and oxygen atoms in total. The van der Waals surface area contributed by atoms with Crippen LogP contribution in [-0.2, 0) is 0 Å². The highest BCUT2D eigenvalue weighted by molar-refractivity contribution is 14.0. The van der Waals surface area contributed by atoms with Crippen LogP contribution in [0.1, 0.15) is 53.4 Å². The number of hydrogen-bond acceptors (Lipinski definition) is 2.